The summed E-state index contributed by atoms with van der Waals surface area (Å²) in [5, 5.41) is 20.7. The zero-order chi connectivity index (χ0) is 17.4. The summed E-state index contributed by atoms with van der Waals surface area (Å²) < 4.78 is 5.52. The van der Waals surface area contributed by atoms with Crippen molar-refractivity contribution in [1.82, 2.24) is 9.88 Å². The Balaban J connectivity index is 1.91. The van der Waals surface area contributed by atoms with Crippen LogP contribution in [0.25, 0.3) is 10.9 Å². The van der Waals surface area contributed by atoms with Gasteiger partial charge < -0.3 is 24.8 Å². The van der Waals surface area contributed by atoms with E-state index in [1.165, 1.54) is 4.90 Å². The molecule has 24 heavy (non-hydrogen) atoms. The molecule has 0 unspecified atom stereocenters. The molecular formula is C18H24N2O4. The Labute approximate surface area is 141 Å². The quantitative estimate of drug-likeness (QED) is 0.797. The van der Waals surface area contributed by atoms with E-state index in [0.29, 0.717) is 25.1 Å². The smallest absolute Gasteiger partial charge is 0.270 e. The van der Waals surface area contributed by atoms with Gasteiger partial charge in [-0.25, -0.2) is 0 Å². The van der Waals surface area contributed by atoms with Crippen molar-refractivity contribution >= 4 is 16.8 Å². The molecular weight excluding hydrogens is 308 g/mol. The number of aryl methyl sites for hydroxylation is 1. The molecule has 1 aromatic heterocycles. The van der Waals surface area contributed by atoms with Crippen molar-refractivity contribution in [2.45, 2.75) is 44.9 Å². The maximum absolute atomic E-state index is 12.9. The SMILES string of the molecule is CCOc1ccc2[nH]c(C(=O)N(C)[C@@H]3CC[C@@H](O)[C@@H]3O)c(C)c2c1. The first-order valence-corrected chi connectivity index (χ1v) is 8.32. The summed E-state index contributed by atoms with van der Waals surface area (Å²) in [6, 6.07) is 5.34. The summed E-state index contributed by atoms with van der Waals surface area (Å²) >= 11 is 0. The Morgan fingerprint density at radius 1 is 1.38 bits per heavy atom. The number of nitrogens with zero attached hydrogens (tertiary/aromatic N) is 1. The first kappa shape index (κ1) is 16.8. The molecule has 0 saturated heterocycles. The fourth-order valence-electron chi connectivity index (χ4n) is 3.47. The van der Waals surface area contributed by atoms with Crippen LogP contribution in [0.1, 0.15) is 35.8 Å². The van der Waals surface area contributed by atoms with Gasteiger partial charge in [0.1, 0.15) is 17.5 Å². The van der Waals surface area contributed by atoms with E-state index in [9.17, 15) is 15.0 Å². The second kappa shape index (κ2) is 6.45. The maximum atomic E-state index is 12.9. The van der Waals surface area contributed by atoms with Gasteiger partial charge in [0.25, 0.3) is 5.91 Å². The third kappa shape index (κ3) is 2.76. The van der Waals surface area contributed by atoms with Crippen LogP contribution in [0, 0.1) is 6.92 Å². The Bertz CT molecular complexity index is 755. The van der Waals surface area contributed by atoms with E-state index >= 15 is 0 Å². The van der Waals surface area contributed by atoms with E-state index in [1.807, 2.05) is 32.0 Å². The molecule has 0 bridgehead atoms. The largest absolute Gasteiger partial charge is 0.494 e. The molecule has 1 fully saturated rings. The molecule has 1 aromatic carbocycles. The standard InChI is InChI=1S/C18H24N2O4/c1-4-24-11-5-6-13-12(9-11)10(2)16(19-13)18(23)20(3)14-7-8-15(21)17(14)22/h5-6,9,14-15,17,19,21-22H,4,7-8H2,1-3H3/t14-,15-,17-/m1/s1. The zero-order valence-corrected chi connectivity index (χ0v) is 14.2. The van der Waals surface area contributed by atoms with Crippen molar-refractivity contribution < 1.29 is 19.7 Å². The van der Waals surface area contributed by atoms with Gasteiger partial charge in [-0.15, -0.1) is 0 Å². The fraction of sp³-hybridized carbons (Fsp3) is 0.500. The summed E-state index contributed by atoms with van der Waals surface area (Å²) in [6.07, 6.45) is -0.554. The van der Waals surface area contributed by atoms with Crippen LogP contribution in [0.4, 0.5) is 0 Å². The number of nitrogens with one attached hydrogen (secondary N) is 1. The number of likely N-dealkylation sites (N-methyl/N-ethyl adjacent to an activating group) is 1. The molecule has 6 heteroatoms. The van der Waals surface area contributed by atoms with Gasteiger partial charge in [0.2, 0.25) is 0 Å². The van der Waals surface area contributed by atoms with Gasteiger partial charge >= 0.3 is 0 Å². The van der Waals surface area contributed by atoms with Crippen LogP contribution in [0.15, 0.2) is 18.2 Å². The number of fused-ring (bicyclic) bond motifs is 1. The third-order valence-electron chi connectivity index (χ3n) is 4.92. The monoisotopic (exact) mass is 332 g/mol. The summed E-state index contributed by atoms with van der Waals surface area (Å²) in [6.45, 7) is 4.42. The lowest BCUT2D eigenvalue weighted by Gasteiger charge is -2.27. The highest BCUT2D eigenvalue weighted by atomic mass is 16.5. The van der Waals surface area contributed by atoms with E-state index in [4.69, 9.17) is 4.74 Å². The van der Waals surface area contributed by atoms with Crippen LogP contribution in [0.2, 0.25) is 0 Å². The predicted molar refractivity (Wildman–Crippen MR) is 91.3 cm³/mol. The predicted octanol–water partition coefficient (Wildman–Crippen LogP) is 1.83. The minimum absolute atomic E-state index is 0.181. The van der Waals surface area contributed by atoms with E-state index < -0.39 is 12.2 Å². The zero-order valence-electron chi connectivity index (χ0n) is 14.2. The molecule has 0 radical (unpaired) electrons. The lowest BCUT2D eigenvalue weighted by atomic mass is 10.1. The molecule has 3 atom stereocenters. The number of aromatic nitrogens is 1. The average Bonchev–Trinajstić information content (AvgIpc) is 3.07. The number of aromatic amines is 1. The first-order valence-electron chi connectivity index (χ1n) is 8.32. The minimum atomic E-state index is -0.895. The molecule has 3 rings (SSSR count). The van der Waals surface area contributed by atoms with Crippen LogP contribution >= 0.6 is 0 Å². The Kier molecular flexibility index (Phi) is 4.51. The molecule has 2 aromatic rings. The number of H-pyrrole nitrogens is 1. The number of benzene rings is 1. The number of rotatable bonds is 4. The molecule has 1 aliphatic rings. The second-order valence-corrected chi connectivity index (χ2v) is 6.38. The molecule has 3 N–H and O–H groups in total. The van der Waals surface area contributed by atoms with Gasteiger partial charge in [-0.05, 0) is 50.5 Å². The van der Waals surface area contributed by atoms with Crippen LogP contribution < -0.4 is 4.74 Å². The maximum Gasteiger partial charge on any atom is 0.270 e. The van der Waals surface area contributed by atoms with Crippen LogP contribution in [0.3, 0.4) is 0 Å². The Morgan fingerprint density at radius 3 is 2.75 bits per heavy atom. The van der Waals surface area contributed by atoms with E-state index in [-0.39, 0.29) is 11.9 Å². The van der Waals surface area contributed by atoms with Crippen molar-refractivity contribution in [1.29, 1.82) is 0 Å². The van der Waals surface area contributed by atoms with Gasteiger partial charge in [-0.3, -0.25) is 4.79 Å². The Hall–Kier alpha value is -2.05. The third-order valence-corrected chi connectivity index (χ3v) is 4.92. The van der Waals surface area contributed by atoms with E-state index in [1.54, 1.807) is 7.05 Å². The van der Waals surface area contributed by atoms with Crippen molar-refractivity contribution in [3.63, 3.8) is 0 Å². The lowest BCUT2D eigenvalue weighted by Crippen LogP contribution is -2.44. The highest BCUT2D eigenvalue weighted by Crippen LogP contribution is 2.29. The molecule has 0 aliphatic heterocycles. The topological polar surface area (TPSA) is 85.8 Å². The Morgan fingerprint density at radius 2 is 2.12 bits per heavy atom. The molecule has 1 amide bonds. The number of hydrogen-bond donors (Lipinski definition) is 3. The van der Waals surface area contributed by atoms with Crippen LogP contribution in [0.5, 0.6) is 5.75 Å². The number of carbonyl (C=O) groups is 1. The highest BCUT2D eigenvalue weighted by Gasteiger charge is 2.38. The van der Waals surface area contributed by atoms with Crippen molar-refractivity contribution in [2.75, 3.05) is 13.7 Å². The normalized spacial score (nSPS) is 23.6. The van der Waals surface area contributed by atoms with Gasteiger partial charge in [0.15, 0.2) is 0 Å². The van der Waals surface area contributed by atoms with Gasteiger partial charge in [-0.1, -0.05) is 0 Å². The molecule has 1 heterocycles. The van der Waals surface area contributed by atoms with E-state index in [0.717, 1.165) is 22.2 Å². The molecule has 1 saturated carbocycles. The van der Waals surface area contributed by atoms with E-state index in [2.05, 4.69) is 4.98 Å². The molecule has 0 spiro atoms. The summed E-state index contributed by atoms with van der Waals surface area (Å²) in [7, 11) is 1.67. The van der Waals surface area contributed by atoms with Crippen LogP contribution in [-0.4, -0.2) is 57.9 Å². The number of amides is 1. The van der Waals surface area contributed by atoms with Crippen molar-refractivity contribution in [3.05, 3.63) is 29.5 Å². The fourth-order valence-corrected chi connectivity index (χ4v) is 3.47. The first-order chi connectivity index (χ1) is 11.4. The minimum Gasteiger partial charge on any atom is -0.494 e. The number of hydrogen-bond acceptors (Lipinski definition) is 4. The summed E-state index contributed by atoms with van der Waals surface area (Å²) in [5.74, 6) is 0.591. The van der Waals surface area contributed by atoms with Gasteiger partial charge in [-0.2, -0.15) is 0 Å². The van der Waals surface area contributed by atoms with Crippen LogP contribution in [-0.2, 0) is 0 Å². The molecule has 1 aliphatic carbocycles. The second-order valence-electron chi connectivity index (χ2n) is 6.38. The summed E-state index contributed by atoms with van der Waals surface area (Å²) in [5.41, 5.74) is 2.24. The highest BCUT2D eigenvalue weighted by molar-refractivity contribution is 6.01. The summed E-state index contributed by atoms with van der Waals surface area (Å²) in [4.78, 5) is 17.6. The lowest BCUT2D eigenvalue weighted by molar-refractivity contribution is 0.00643. The molecule has 6 nitrogen and oxygen atoms in total. The van der Waals surface area contributed by atoms with Crippen molar-refractivity contribution in [3.8, 4) is 5.75 Å². The average molecular weight is 332 g/mol. The number of aliphatic hydroxyl groups is 2. The number of ether oxygens (including phenoxy) is 1. The van der Waals surface area contributed by atoms with Gasteiger partial charge in [0.05, 0.1) is 18.8 Å². The number of aliphatic hydroxyl groups excluding tert-OH is 2. The number of carbonyl (C=O) groups excluding carboxylic acids is 1. The molecule has 130 valence electrons. The van der Waals surface area contributed by atoms with Crippen molar-refractivity contribution in [2.24, 2.45) is 0 Å². The van der Waals surface area contributed by atoms with Gasteiger partial charge in [0, 0.05) is 18.0 Å².